The molecule has 6 heteroatoms. The summed E-state index contributed by atoms with van der Waals surface area (Å²) >= 11 is 0. The first-order valence-electron chi connectivity index (χ1n) is 21.8. The molecule has 3 saturated carbocycles. The van der Waals surface area contributed by atoms with E-state index in [9.17, 15) is 5.26 Å². The lowest BCUT2D eigenvalue weighted by Gasteiger charge is -2.73. The highest BCUT2D eigenvalue weighted by Gasteiger charge is 2.67. The van der Waals surface area contributed by atoms with E-state index in [0.29, 0.717) is 28.9 Å². The number of benzene rings is 7. The van der Waals surface area contributed by atoms with Crippen molar-refractivity contribution in [3.05, 3.63) is 199 Å². The predicted molar refractivity (Wildman–Crippen MR) is 250 cm³/mol. The predicted octanol–water partition coefficient (Wildman–Crippen LogP) is 13.2. The molecule has 0 saturated heterocycles. The molecule has 0 bridgehead atoms. The van der Waals surface area contributed by atoms with Crippen LogP contribution in [0.25, 0.3) is 90.3 Å². The van der Waals surface area contributed by atoms with Crippen molar-refractivity contribution in [3.8, 4) is 96.4 Å². The van der Waals surface area contributed by atoms with Gasteiger partial charge >= 0.3 is 0 Å². The lowest BCUT2D eigenvalue weighted by Crippen LogP contribution is -2.65. The van der Waals surface area contributed by atoms with Gasteiger partial charge in [-0.1, -0.05) is 152 Å². The normalized spacial score (nSPS) is 19.1. The van der Waals surface area contributed by atoms with Gasteiger partial charge < -0.3 is 0 Å². The van der Waals surface area contributed by atoms with E-state index in [1.807, 2.05) is 72.8 Å². The molecule has 0 N–H and O–H groups in total. The summed E-state index contributed by atoms with van der Waals surface area (Å²) in [5, 5.41) is 9.33. The Hall–Kier alpha value is -7.88. The molecule has 3 aliphatic rings. The fourth-order valence-electron chi connectivity index (χ4n) is 10.4. The number of hydrogen-bond acceptors (Lipinski definition) is 6. The largest absolute Gasteiger partial charge is 0.228 e. The van der Waals surface area contributed by atoms with Crippen molar-refractivity contribution in [3.63, 3.8) is 0 Å². The standard InChI is InChI=1S/C57H40N6/c58-34-35-20-22-36(23-21-35)41-14-7-18-45(28-41)56-61-54(40-12-5-2-6-13-40)62-57(63-56)46-19-9-16-43(30-46)42-15-8-17-44(29-42)55-59-50(37-10-3-1-4-11-37)33-51(60-55)38-24-26-39(27-25-38)52-48-31-47-32-49(52)53(47)48/h1-30,33,47-49,52-53H,31-32H2. The summed E-state index contributed by atoms with van der Waals surface area (Å²) < 4.78 is 0. The zero-order chi connectivity index (χ0) is 41.9. The van der Waals surface area contributed by atoms with Crippen molar-refractivity contribution in [1.29, 1.82) is 5.26 Å². The zero-order valence-electron chi connectivity index (χ0n) is 34.4. The molecule has 2 atom stereocenters. The Morgan fingerprint density at radius 2 is 0.778 bits per heavy atom. The molecule has 63 heavy (non-hydrogen) atoms. The topological polar surface area (TPSA) is 88.2 Å². The molecular weight excluding hydrogens is 769 g/mol. The highest BCUT2D eigenvalue weighted by Crippen LogP contribution is 2.75. The minimum atomic E-state index is 0.578. The van der Waals surface area contributed by atoms with Gasteiger partial charge in [0.15, 0.2) is 23.3 Å². The minimum Gasteiger partial charge on any atom is -0.228 e. The molecule has 3 aliphatic carbocycles. The monoisotopic (exact) mass is 808 g/mol. The maximum absolute atomic E-state index is 9.33. The van der Waals surface area contributed by atoms with Crippen LogP contribution >= 0.6 is 0 Å². The van der Waals surface area contributed by atoms with Gasteiger partial charge in [-0.2, -0.15) is 5.26 Å². The molecule has 3 fully saturated rings. The number of aromatic nitrogens is 5. The molecule has 7 aromatic carbocycles. The van der Waals surface area contributed by atoms with Crippen molar-refractivity contribution in [1.82, 2.24) is 24.9 Å². The van der Waals surface area contributed by atoms with Gasteiger partial charge in [-0.05, 0) is 107 Å². The van der Waals surface area contributed by atoms with Crippen molar-refractivity contribution in [2.24, 2.45) is 23.7 Å². The van der Waals surface area contributed by atoms with Crippen molar-refractivity contribution in [2.45, 2.75) is 18.8 Å². The SMILES string of the molecule is N#Cc1ccc(-c2cccc(-c3nc(-c4ccccc4)nc(-c4cccc(-c5cccc(-c6nc(-c7ccccc7)cc(-c7ccc(C8C9CC%10CC8C%109)cc7)n6)c5)c4)n3)c2)cc1. The molecule has 0 radical (unpaired) electrons. The smallest absolute Gasteiger partial charge is 0.164 e. The van der Waals surface area contributed by atoms with E-state index in [4.69, 9.17) is 24.9 Å². The second-order valence-electron chi connectivity index (χ2n) is 17.2. The molecule has 298 valence electrons. The molecule has 0 aliphatic heterocycles. The van der Waals surface area contributed by atoms with Gasteiger partial charge in [-0.25, -0.2) is 24.9 Å². The zero-order valence-corrected chi connectivity index (χ0v) is 34.4. The van der Waals surface area contributed by atoms with Gasteiger partial charge in [0.05, 0.1) is 23.0 Å². The van der Waals surface area contributed by atoms with Gasteiger partial charge in [0.25, 0.3) is 0 Å². The van der Waals surface area contributed by atoms with Gasteiger partial charge in [-0.15, -0.1) is 0 Å². The summed E-state index contributed by atoms with van der Waals surface area (Å²) in [5.41, 5.74) is 13.8. The number of rotatable bonds is 9. The third-order valence-corrected chi connectivity index (χ3v) is 13.7. The quantitative estimate of drug-likeness (QED) is 0.144. The maximum Gasteiger partial charge on any atom is 0.164 e. The first-order chi connectivity index (χ1) is 31.1. The number of nitriles is 1. The Bertz CT molecular complexity index is 3200. The first-order valence-corrected chi connectivity index (χ1v) is 21.8. The van der Waals surface area contributed by atoms with E-state index in [2.05, 4.69) is 121 Å². The van der Waals surface area contributed by atoms with Crippen LogP contribution in [0.4, 0.5) is 0 Å². The summed E-state index contributed by atoms with van der Waals surface area (Å²) in [7, 11) is 0. The van der Waals surface area contributed by atoms with E-state index in [1.165, 1.54) is 18.4 Å². The average Bonchev–Trinajstić information content (AvgIpc) is 3.36. The first kappa shape index (κ1) is 36.9. The fourth-order valence-corrected chi connectivity index (χ4v) is 10.4. The summed E-state index contributed by atoms with van der Waals surface area (Å²) in [4.78, 5) is 25.5. The van der Waals surface area contributed by atoms with E-state index in [1.54, 1.807) is 0 Å². The third kappa shape index (κ3) is 6.70. The Morgan fingerprint density at radius 3 is 1.27 bits per heavy atom. The van der Waals surface area contributed by atoms with Crippen LogP contribution in [0.3, 0.4) is 0 Å². The molecule has 2 unspecified atom stereocenters. The lowest BCUT2D eigenvalue weighted by atomic mass is 9.31. The maximum atomic E-state index is 9.33. The van der Waals surface area contributed by atoms with E-state index in [0.717, 1.165) is 96.6 Å². The van der Waals surface area contributed by atoms with Crippen LogP contribution < -0.4 is 0 Å². The number of nitrogens with zero attached hydrogens (tertiary/aromatic N) is 6. The van der Waals surface area contributed by atoms with Crippen LogP contribution in [0.1, 0.15) is 29.9 Å². The Morgan fingerprint density at radius 1 is 0.365 bits per heavy atom. The van der Waals surface area contributed by atoms with Gasteiger partial charge in [-0.3, -0.25) is 0 Å². The fraction of sp³-hybridized carbons (Fsp3) is 0.123. The van der Waals surface area contributed by atoms with Crippen molar-refractivity contribution >= 4 is 0 Å². The minimum absolute atomic E-state index is 0.578. The average molecular weight is 809 g/mol. The van der Waals surface area contributed by atoms with E-state index in [-0.39, 0.29) is 0 Å². The van der Waals surface area contributed by atoms with E-state index < -0.39 is 0 Å². The van der Waals surface area contributed by atoms with Crippen LogP contribution in [0.2, 0.25) is 0 Å². The Labute approximate surface area is 366 Å². The third-order valence-electron chi connectivity index (χ3n) is 13.7. The molecule has 2 heterocycles. The highest BCUT2D eigenvalue weighted by molar-refractivity contribution is 5.78. The van der Waals surface area contributed by atoms with E-state index >= 15 is 0 Å². The van der Waals surface area contributed by atoms with Gasteiger partial charge in [0.2, 0.25) is 0 Å². The molecule has 0 amide bonds. The molecule has 12 rings (SSSR count). The summed E-state index contributed by atoms with van der Waals surface area (Å²) in [6, 6.07) is 66.6. The van der Waals surface area contributed by atoms with Gasteiger partial charge in [0.1, 0.15) is 0 Å². The van der Waals surface area contributed by atoms with Crippen LogP contribution in [0, 0.1) is 35.0 Å². The molecule has 9 aromatic rings. The molecular formula is C57H40N6. The molecule has 2 aromatic heterocycles. The molecule has 0 spiro atoms. The van der Waals surface area contributed by atoms with Gasteiger partial charge in [0, 0.05) is 33.4 Å². The van der Waals surface area contributed by atoms with Crippen LogP contribution in [-0.4, -0.2) is 24.9 Å². The van der Waals surface area contributed by atoms with Crippen LogP contribution in [-0.2, 0) is 0 Å². The summed E-state index contributed by atoms with van der Waals surface area (Å²) in [6.45, 7) is 0. The summed E-state index contributed by atoms with van der Waals surface area (Å²) in [6.07, 6.45) is 2.86. The Kier molecular flexibility index (Phi) is 8.93. The second-order valence-corrected chi connectivity index (χ2v) is 17.2. The second kappa shape index (κ2) is 15.2. The highest BCUT2D eigenvalue weighted by atomic mass is 15.0. The lowest BCUT2D eigenvalue weighted by molar-refractivity contribution is -0.214. The van der Waals surface area contributed by atoms with Crippen LogP contribution in [0.5, 0.6) is 0 Å². The Balaban J connectivity index is 0.897. The summed E-state index contributed by atoms with van der Waals surface area (Å²) in [5.74, 6) is 7.05. The number of hydrogen-bond donors (Lipinski definition) is 0. The van der Waals surface area contributed by atoms with Crippen LogP contribution in [0.15, 0.2) is 188 Å². The molecule has 6 nitrogen and oxygen atoms in total. The van der Waals surface area contributed by atoms with Crippen molar-refractivity contribution < 1.29 is 0 Å². The van der Waals surface area contributed by atoms with Crippen molar-refractivity contribution in [2.75, 3.05) is 0 Å².